The van der Waals surface area contributed by atoms with Gasteiger partial charge in [0.2, 0.25) is 5.95 Å². The van der Waals surface area contributed by atoms with Gasteiger partial charge >= 0.3 is 0 Å². The largest absolute Gasteiger partial charge is 0.399 e. The van der Waals surface area contributed by atoms with Crippen molar-refractivity contribution in [2.45, 2.75) is 11.3 Å². The molecule has 0 amide bonds. The van der Waals surface area contributed by atoms with Crippen LogP contribution in [0.15, 0.2) is 35.2 Å². The number of halogens is 1. The molecule has 2 aromatic rings. The summed E-state index contributed by atoms with van der Waals surface area (Å²) in [5, 5.41) is 0.187. The Hall–Kier alpha value is -2.06. The van der Waals surface area contributed by atoms with Crippen LogP contribution in [0.1, 0.15) is 6.42 Å². The fraction of sp³-hybridized carbons (Fsp3) is 0.231. The summed E-state index contributed by atoms with van der Waals surface area (Å²) in [6, 6.07) is 7.27. The lowest BCUT2D eigenvalue weighted by Gasteiger charge is -2.30. The van der Waals surface area contributed by atoms with E-state index in [1.807, 2.05) is 4.90 Å². The number of hydrogen-bond acceptors (Lipinski definition) is 6. The first-order valence-electron chi connectivity index (χ1n) is 6.62. The third-order valence-electron chi connectivity index (χ3n) is 3.25. The van der Waals surface area contributed by atoms with E-state index in [-0.39, 0.29) is 15.9 Å². The smallest absolute Gasteiger partial charge is 0.263 e. The fourth-order valence-electron chi connectivity index (χ4n) is 1.96. The van der Waals surface area contributed by atoms with Crippen LogP contribution in [-0.2, 0) is 10.0 Å². The predicted molar refractivity (Wildman–Crippen MR) is 85.5 cm³/mol. The van der Waals surface area contributed by atoms with Crippen LogP contribution in [0.3, 0.4) is 0 Å². The summed E-state index contributed by atoms with van der Waals surface area (Å²) in [6.45, 7) is 1.68. The average Bonchev–Trinajstić information content (AvgIpc) is 2.35. The number of rotatable bonds is 4. The van der Waals surface area contributed by atoms with Crippen LogP contribution in [0.5, 0.6) is 0 Å². The zero-order valence-electron chi connectivity index (χ0n) is 11.5. The van der Waals surface area contributed by atoms with Crippen LogP contribution < -0.4 is 15.4 Å². The van der Waals surface area contributed by atoms with Gasteiger partial charge in [0.1, 0.15) is 11.0 Å². The van der Waals surface area contributed by atoms with Gasteiger partial charge in [-0.25, -0.2) is 13.4 Å². The molecule has 0 saturated carbocycles. The molecule has 0 atom stereocenters. The van der Waals surface area contributed by atoms with Crippen molar-refractivity contribution in [1.82, 2.24) is 9.97 Å². The number of nitrogens with two attached hydrogens (primary N) is 1. The first-order valence-corrected chi connectivity index (χ1v) is 8.48. The van der Waals surface area contributed by atoms with Gasteiger partial charge in [0.15, 0.2) is 0 Å². The third kappa shape index (κ3) is 3.07. The predicted octanol–water partition coefficient (Wildman–Crippen LogP) is 1.72. The van der Waals surface area contributed by atoms with Crippen LogP contribution >= 0.6 is 11.6 Å². The van der Waals surface area contributed by atoms with Crippen LogP contribution in [0.4, 0.5) is 17.5 Å². The molecule has 1 aliphatic heterocycles. The molecule has 0 spiro atoms. The highest BCUT2D eigenvalue weighted by Gasteiger charge is 2.20. The monoisotopic (exact) mass is 339 g/mol. The topological polar surface area (TPSA) is 101 Å². The molecule has 22 heavy (non-hydrogen) atoms. The van der Waals surface area contributed by atoms with Gasteiger partial charge in [0.05, 0.1) is 4.90 Å². The highest BCUT2D eigenvalue weighted by molar-refractivity contribution is 7.92. The minimum Gasteiger partial charge on any atom is -0.399 e. The van der Waals surface area contributed by atoms with Crippen LogP contribution in [0.25, 0.3) is 0 Å². The van der Waals surface area contributed by atoms with Gasteiger partial charge in [-0.1, -0.05) is 11.6 Å². The van der Waals surface area contributed by atoms with Crippen molar-refractivity contribution in [3.05, 3.63) is 35.5 Å². The van der Waals surface area contributed by atoms with Crippen molar-refractivity contribution in [2.75, 3.05) is 28.4 Å². The number of nitrogens with one attached hydrogen (secondary N) is 1. The molecule has 1 aromatic heterocycles. The molecule has 7 nitrogen and oxygen atoms in total. The van der Waals surface area contributed by atoms with Gasteiger partial charge in [0, 0.05) is 24.8 Å². The molecular formula is C13H14ClN5O2S. The number of anilines is 3. The van der Waals surface area contributed by atoms with E-state index in [4.69, 9.17) is 17.3 Å². The zero-order chi connectivity index (χ0) is 15.7. The summed E-state index contributed by atoms with van der Waals surface area (Å²) in [4.78, 5) is 10.3. The molecule has 0 bridgehead atoms. The highest BCUT2D eigenvalue weighted by Crippen LogP contribution is 2.23. The molecule has 9 heteroatoms. The Morgan fingerprint density at radius 1 is 1.18 bits per heavy atom. The lowest BCUT2D eigenvalue weighted by atomic mass is 10.2. The average molecular weight is 340 g/mol. The van der Waals surface area contributed by atoms with Crippen LogP contribution in [-0.4, -0.2) is 31.5 Å². The van der Waals surface area contributed by atoms with Gasteiger partial charge in [0.25, 0.3) is 10.0 Å². The van der Waals surface area contributed by atoms with Crippen molar-refractivity contribution in [3.63, 3.8) is 0 Å². The molecule has 2 heterocycles. The second-order valence-electron chi connectivity index (χ2n) is 4.89. The van der Waals surface area contributed by atoms with Crippen molar-refractivity contribution >= 4 is 39.1 Å². The molecule has 1 aliphatic rings. The Kier molecular flexibility index (Phi) is 3.79. The fourth-order valence-corrected chi connectivity index (χ4v) is 3.13. The van der Waals surface area contributed by atoms with Crippen molar-refractivity contribution in [3.8, 4) is 0 Å². The van der Waals surface area contributed by atoms with Gasteiger partial charge < -0.3 is 10.6 Å². The van der Waals surface area contributed by atoms with Crippen molar-refractivity contribution in [1.29, 1.82) is 0 Å². The summed E-state index contributed by atoms with van der Waals surface area (Å²) in [6.07, 6.45) is 1.06. The second-order valence-corrected chi connectivity index (χ2v) is 6.96. The van der Waals surface area contributed by atoms with Gasteiger partial charge in [-0.05, 0) is 30.7 Å². The number of sulfonamides is 1. The number of benzene rings is 1. The number of aromatic nitrogens is 2. The molecule has 0 aliphatic carbocycles. The van der Waals surface area contributed by atoms with Gasteiger partial charge in [-0.2, -0.15) is 4.98 Å². The van der Waals surface area contributed by atoms with Crippen LogP contribution in [0, 0.1) is 0 Å². The maximum Gasteiger partial charge on any atom is 0.263 e. The summed E-state index contributed by atoms with van der Waals surface area (Å²) in [7, 11) is -3.75. The quantitative estimate of drug-likeness (QED) is 0.649. The Balaban J connectivity index is 1.88. The summed E-state index contributed by atoms with van der Waals surface area (Å²) >= 11 is 5.94. The molecule has 1 saturated heterocycles. The molecule has 1 aromatic carbocycles. The lowest BCUT2D eigenvalue weighted by Crippen LogP contribution is -2.38. The number of nitrogens with zero attached hydrogens (tertiary/aromatic N) is 3. The van der Waals surface area contributed by atoms with Gasteiger partial charge in [-0.3, -0.25) is 4.72 Å². The molecular weight excluding hydrogens is 326 g/mol. The lowest BCUT2D eigenvalue weighted by molar-refractivity contribution is 0.598. The number of hydrogen-bond donors (Lipinski definition) is 2. The van der Waals surface area contributed by atoms with Crippen molar-refractivity contribution < 1.29 is 8.42 Å². The van der Waals surface area contributed by atoms with Crippen LogP contribution in [0.2, 0.25) is 5.15 Å². The third-order valence-corrected chi connectivity index (χ3v) is 4.82. The maximum atomic E-state index is 12.3. The van der Waals surface area contributed by atoms with E-state index in [0.29, 0.717) is 11.6 Å². The Bertz CT molecular complexity index is 791. The molecule has 0 radical (unpaired) electrons. The van der Waals surface area contributed by atoms with Gasteiger partial charge in [-0.15, -0.1) is 0 Å². The molecule has 3 rings (SSSR count). The summed E-state index contributed by atoms with van der Waals surface area (Å²) in [5.41, 5.74) is 6.05. The van der Waals surface area contributed by atoms with Crippen molar-refractivity contribution in [2.24, 2.45) is 0 Å². The first kappa shape index (κ1) is 14.9. The first-order chi connectivity index (χ1) is 10.4. The molecule has 3 N–H and O–H groups in total. The van der Waals surface area contributed by atoms with E-state index in [9.17, 15) is 8.42 Å². The minimum absolute atomic E-state index is 0.0990. The summed E-state index contributed by atoms with van der Waals surface area (Å²) < 4.78 is 27.0. The van der Waals surface area contributed by atoms with E-state index in [1.54, 1.807) is 0 Å². The van der Waals surface area contributed by atoms with E-state index in [1.165, 1.54) is 30.3 Å². The SMILES string of the molecule is Nc1ccc(S(=O)(=O)Nc2cc(Cl)nc(N3CCC3)n2)cc1. The standard InChI is InChI=1S/C13H14ClN5O2S/c14-11-8-12(17-13(16-11)19-6-1-7-19)18-22(20,21)10-4-2-9(15)3-5-10/h2-5,8H,1,6-7,15H2,(H,16,17,18). The highest BCUT2D eigenvalue weighted by atomic mass is 35.5. The van der Waals surface area contributed by atoms with E-state index in [2.05, 4.69) is 14.7 Å². The van der Waals surface area contributed by atoms with E-state index in [0.717, 1.165) is 19.5 Å². The Morgan fingerprint density at radius 3 is 2.45 bits per heavy atom. The molecule has 0 unspecified atom stereocenters. The number of nitrogen functional groups attached to an aromatic ring is 1. The molecule has 116 valence electrons. The second kappa shape index (κ2) is 5.62. The Labute approximate surface area is 133 Å². The minimum atomic E-state index is -3.75. The van der Waals surface area contributed by atoms with E-state index >= 15 is 0 Å². The molecule has 1 fully saturated rings. The van der Waals surface area contributed by atoms with E-state index < -0.39 is 10.0 Å². The normalized spacial score (nSPS) is 14.5. The maximum absolute atomic E-state index is 12.3. The summed E-state index contributed by atoms with van der Waals surface area (Å²) in [5.74, 6) is 0.562. The Morgan fingerprint density at radius 2 is 1.86 bits per heavy atom. The zero-order valence-corrected chi connectivity index (χ0v) is 13.1.